The number of ketones is 1. The Bertz CT molecular complexity index is 456. The van der Waals surface area contributed by atoms with E-state index in [-0.39, 0.29) is 11.1 Å². The van der Waals surface area contributed by atoms with Crippen LogP contribution >= 0.6 is 11.9 Å². The second-order valence-electron chi connectivity index (χ2n) is 6.72. The Hall–Kier alpha value is -0.800. The van der Waals surface area contributed by atoms with Crippen LogP contribution in [0.25, 0.3) is 0 Å². The summed E-state index contributed by atoms with van der Waals surface area (Å²) in [6.45, 7) is 10.7. The molecule has 1 heterocycles. The van der Waals surface area contributed by atoms with Crippen molar-refractivity contribution in [3.63, 3.8) is 0 Å². The van der Waals surface area contributed by atoms with Gasteiger partial charge in [0.25, 0.3) is 0 Å². The van der Waals surface area contributed by atoms with Crippen LogP contribution in [0.2, 0.25) is 0 Å². The summed E-state index contributed by atoms with van der Waals surface area (Å²) in [4.78, 5) is 13.1. The number of benzene rings is 1. The van der Waals surface area contributed by atoms with Gasteiger partial charge in [0.1, 0.15) is 5.78 Å². The first kappa shape index (κ1) is 14.6. The van der Waals surface area contributed by atoms with Gasteiger partial charge in [-0.05, 0) is 58.7 Å². The zero-order valence-electron chi connectivity index (χ0n) is 12.5. The third-order valence-electron chi connectivity index (χ3n) is 3.58. The highest BCUT2D eigenvalue weighted by atomic mass is 32.2. The zero-order chi connectivity index (χ0) is 14.3. The van der Waals surface area contributed by atoms with Gasteiger partial charge in [0.15, 0.2) is 0 Å². The molecule has 1 saturated heterocycles. The summed E-state index contributed by atoms with van der Waals surface area (Å²) in [6.07, 6.45) is 1.27. The second kappa shape index (κ2) is 4.95. The maximum Gasteiger partial charge on any atom is 0.136 e. The van der Waals surface area contributed by atoms with Gasteiger partial charge in [-0.2, -0.15) is 0 Å². The van der Waals surface area contributed by atoms with Crippen LogP contribution in [0.3, 0.4) is 0 Å². The lowest BCUT2D eigenvalue weighted by Gasteiger charge is -2.50. The summed E-state index contributed by atoms with van der Waals surface area (Å²) in [5.41, 5.74) is 1.07. The number of piperidine rings is 1. The third-order valence-corrected chi connectivity index (χ3v) is 5.23. The highest BCUT2D eigenvalue weighted by Gasteiger charge is 2.45. The van der Waals surface area contributed by atoms with Gasteiger partial charge >= 0.3 is 0 Å². The molecule has 0 atom stereocenters. The first-order chi connectivity index (χ1) is 8.71. The maximum atomic E-state index is 11.9. The van der Waals surface area contributed by atoms with Crippen molar-refractivity contribution in [2.45, 2.75) is 63.4 Å². The lowest BCUT2D eigenvalue weighted by molar-refractivity contribution is -0.127. The lowest BCUT2D eigenvalue weighted by atomic mass is 9.82. The van der Waals surface area contributed by atoms with E-state index in [1.54, 1.807) is 11.9 Å². The van der Waals surface area contributed by atoms with Gasteiger partial charge in [0, 0.05) is 28.8 Å². The molecule has 0 amide bonds. The van der Waals surface area contributed by atoms with Gasteiger partial charge in [-0.3, -0.25) is 4.79 Å². The first-order valence-electron chi connectivity index (χ1n) is 6.77. The monoisotopic (exact) mass is 277 g/mol. The number of hydrogen-bond donors (Lipinski definition) is 0. The molecule has 0 aliphatic carbocycles. The van der Waals surface area contributed by atoms with E-state index in [0.717, 1.165) is 0 Å². The number of carbonyl (C=O) groups is 1. The largest absolute Gasteiger partial charge is 0.300 e. The quantitative estimate of drug-likeness (QED) is 0.755. The van der Waals surface area contributed by atoms with Crippen LogP contribution in [0.1, 0.15) is 46.1 Å². The molecule has 0 saturated carbocycles. The van der Waals surface area contributed by atoms with Crippen LogP contribution in [-0.4, -0.2) is 21.2 Å². The van der Waals surface area contributed by atoms with E-state index in [4.69, 9.17) is 0 Å². The molecule has 0 spiro atoms. The van der Waals surface area contributed by atoms with Crippen molar-refractivity contribution in [2.24, 2.45) is 0 Å². The maximum absolute atomic E-state index is 11.9. The molecule has 1 aliphatic rings. The molecule has 0 unspecified atom stereocenters. The summed E-state index contributed by atoms with van der Waals surface area (Å²) in [5.74, 6) is 0.371. The predicted octanol–water partition coefficient (Wildman–Crippen LogP) is 4.22. The molecule has 104 valence electrons. The molecule has 1 fully saturated rings. The van der Waals surface area contributed by atoms with Gasteiger partial charge in [-0.1, -0.05) is 17.7 Å². The minimum Gasteiger partial charge on any atom is -0.300 e. The normalized spacial score (nSPS) is 22.5. The summed E-state index contributed by atoms with van der Waals surface area (Å²) in [7, 11) is 0. The lowest BCUT2D eigenvalue weighted by Crippen LogP contribution is -2.57. The van der Waals surface area contributed by atoms with Crippen molar-refractivity contribution in [2.75, 3.05) is 0 Å². The van der Waals surface area contributed by atoms with Crippen molar-refractivity contribution in [3.8, 4) is 0 Å². The Morgan fingerprint density at radius 3 is 1.95 bits per heavy atom. The van der Waals surface area contributed by atoms with Gasteiger partial charge in [-0.15, -0.1) is 0 Å². The minimum absolute atomic E-state index is 0.103. The van der Waals surface area contributed by atoms with Crippen LogP contribution < -0.4 is 0 Å². The van der Waals surface area contributed by atoms with Gasteiger partial charge in [0.2, 0.25) is 0 Å². The molecule has 19 heavy (non-hydrogen) atoms. The Balaban J connectivity index is 2.25. The Labute approximate surface area is 120 Å². The Morgan fingerprint density at radius 2 is 1.47 bits per heavy atom. The van der Waals surface area contributed by atoms with E-state index >= 15 is 0 Å². The predicted molar refractivity (Wildman–Crippen MR) is 81.3 cm³/mol. The van der Waals surface area contributed by atoms with E-state index in [1.165, 1.54) is 10.5 Å². The van der Waals surface area contributed by atoms with E-state index in [1.807, 2.05) is 0 Å². The zero-order valence-corrected chi connectivity index (χ0v) is 13.3. The van der Waals surface area contributed by atoms with Crippen LogP contribution in [0.5, 0.6) is 0 Å². The summed E-state index contributed by atoms with van der Waals surface area (Å²) in [5, 5.41) is 0. The number of nitrogens with zero attached hydrogens (tertiary/aromatic N) is 1. The fraction of sp³-hybridized carbons (Fsp3) is 0.562. The fourth-order valence-electron chi connectivity index (χ4n) is 2.94. The van der Waals surface area contributed by atoms with Crippen LogP contribution in [0.15, 0.2) is 29.2 Å². The molecule has 2 nitrogen and oxygen atoms in total. The molecule has 3 heteroatoms. The molecule has 0 bridgehead atoms. The summed E-state index contributed by atoms with van der Waals surface area (Å²) >= 11 is 1.77. The van der Waals surface area contributed by atoms with Crippen molar-refractivity contribution in [3.05, 3.63) is 29.8 Å². The van der Waals surface area contributed by atoms with Gasteiger partial charge < -0.3 is 0 Å². The molecule has 2 rings (SSSR count). The Kier molecular flexibility index (Phi) is 3.80. The molecule has 0 radical (unpaired) electrons. The van der Waals surface area contributed by atoms with E-state index < -0.39 is 0 Å². The number of rotatable bonds is 2. The van der Waals surface area contributed by atoms with Crippen LogP contribution in [-0.2, 0) is 4.79 Å². The molecule has 0 aromatic heterocycles. The van der Waals surface area contributed by atoms with Crippen molar-refractivity contribution in [1.82, 2.24) is 4.31 Å². The highest BCUT2D eigenvalue weighted by molar-refractivity contribution is 7.97. The minimum atomic E-state index is -0.103. The van der Waals surface area contributed by atoms with Crippen molar-refractivity contribution >= 4 is 17.7 Å². The highest BCUT2D eigenvalue weighted by Crippen LogP contribution is 2.44. The van der Waals surface area contributed by atoms with E-state index in [9.17, 15) is 4.79 Å². The van der Waals surface area contributed by atoms with E-state index in [2.05, 4.69) is 63.2 Å². The SMILES string of the molecule is Cc1ccc(SN2C(C)(C)CC(=O)CC2(C)C)cc1. The fourth-order valence-corrected chi connectivity index (χ4v) is 4.03. The van der Waals surface area contributed by atoms with Crippen LogP contribution in [0.4, 0.5) is 0 Å². The summed E-state index contributed by atoms with van der Waals surface area (Å²) < 4.78 is 2.39. The molecule has 1 aromatic rings. The Morgan fingerprint density at radius 1 is 1.00 bits per heavy atom. The van der Waals surface area contributed by atoms with Crippen molar-refractivity contribution < 1.29 is 4.79 Å². The van der Waals surface area contributed by atoms with Crippen molar-refractivity contribution in [1.29, 1.82) is 0 Å². The first-order valence-corrected chi connectivity index (χ1v) is 7.55. The molecular weight excluding hydrogens is 254 g/mol. The summed E-state index contributed by atoms with van der Waals surface area (Å²) in [6, 6.07) is 8.58. The standard InChI is InChI=1S/C16H23NOS/c1-12-6-8-14(9-7-12)19-17-15(2,3)10-13(18)11-16(17,4)5/h6-9H,10-11H2,1-5H3. The average molecular weight is 277 g/mol. The van der Waals surface area contributed by atoms with Crippen LogP contribution in [0, 0.1) is 6.92 Å². The third kappa shape index (κ3) is 3.21. The number of Topliss-reactive ketones (excluding diaryl/α,β-unsaturated/α-hetero) is 1. The second-order valence-corrected chi connectivity index (χ2v) is 7.73. The molecule has 1 aromatic carbocycles. The van der Waals surface area contributed by atoms with Gasteiger partial charge in [-0.25, -0.2) is 4.31 Å². The molecule has 1 aliphatic heterocycles. The average Bonchev–Trinajstić information content (AvgIpc) is 2.24. The topological polar surface area (TPSA) is 20.3 Å². The number of carbonyl (C=O) groups excluding carboxylic acids is 1. The number of hydrogen-bond acceptors (Lipinski definition) is 3. The molecular formula is C16H23NOS. The van der Waals surface area contributed by atoms with E-state index in [0.29, 0.717) is 18.6 Å². The van der Waals surface area contributed by atoms with Gasteiger partial charge in [0.05, 0.1) is 0 Å². The smallest absolute Gasteiger partial charge is 0.136 e. The number of aryl methyl sites for hydroxylation is 1. The molecule has 0 N–H and O–H groups in total.